The Kier molecular flexibility index (Phi) is 4.24. The summed E-state index contributed by atoms with van der Waals surface area (Å²) < 4.78 is 0. The molecule has 2 nitrogen and oxygen atoms in total. The van der Waals surface area contributed by atoms with Crippen molar-refractivity contribution in [1.82, 2.24) is 0 Å². The quantitative estimate of drug-likeness (QED) is 0.621. The standard InChI is InChI=1S/C16H20N2/c17-15-9-5-13(6-10-15)3-1-2-4-14-7-11-16(18)12-8-14/h5-12H,1-4,17-18H2. The maximum Gasteiger partial charge on any atom is 0.0314 e. The molecule has 2 rings (SSSR count). The van der Waals surface area contributed by atoms with E-state index in [0.29, 0.717) is 0 Å². The van der Waals surface area contributed by atoms with Crippen LogP contribution in [-0.4, -0.2) is 0 Å². The van der Waals surface area contributed by atoms with Crippen molar-refractivity contribution in [3.05, 3.63) is 59.7 Å². The van der Waals surface area contributed by atoms with E-state index in [2.05, 4.69) is 24.3 Å². The number of unbranched alkanes of at least 4 members (excludes halogenated alkanes) is 1. The van der Waals surface area contributed by atoms with Crippen LogP contribution < -0.4 is 11.5 Å². The lowest BCUT2D eigenvalue weighted by atomic mass is 10.0. The summed E-state index contributed by atoms with van der Waals surface area (Å²) in [5, 5.41) is 0. The molecule has 0 amide bonds. The highest BCUT2D eigenvalue weighted by Crippen LogP contribution is 2.12. The zero-order chi connectivity index (χ0) is 12.8. The van der Waals surface area contributed by atoms with E-state index in [1.165, 1.54) is 24.0 Å². The van der Waals surface area contributed by atoms with E-state index >= 15 is 0 Å². The van der Waals surface area contributed by atoms with Gasteiger partial charge in [0.2, 0.25) is 0 Å². The van der Waals surface area contributed by atoms with Crippen molar-refractivity contribution in [3.63, 3.8) is 0 Å². The molecule has 0 unspecified atom stereocenters. The van der Waals surface area contributed by atoms with Crippen molar-refractivity contribution in [2.75, 3.05) is 11.5 Å². The number of nitrogen functional groups attached to an aromatic ring is 2. The lowest BCUT2D eigenvalue weighted by Crippen LogP contribution is -1.91. The fourth-order valence-electron chi connectivity index (χ4n) is 2.03. The van der Waals surface area contributed by atoms with Gasteiger partial charge in [0.1, 0.15) is 0 Å². The van der Waals surface area contributed by atoms with Gasteiger partial charge in [0.05, 0.1) is 0 Å². The fourth-order valence-corrected chi connectivity index (χ4v) is 2.03. The molecular formula is C16H20N2. The van der Waals surface area contributed by atoms with Crippen molar-refractivity contribution in [2.24, 2.45) is 0 Å². The highest BCUT2D eigenvalue weighted by atomic mass is 14.5. The lowest BCUT2D eigenvalue weighted by molar-refractivity contribution is 0.734. The molecular weight excluding hydrogens is 220 g/mol. The summed E-state index contributed by atoms with van der Waals surface area (Å²) in [5.74, 6) is 0. The third-order valence-corrected chi connectivity index (χ3v) is 3.14. The van der Waals surface area contributed by atoms with Crippen molar-refractivity contribution < 1.29 is 0 Å². The minimum absolute atomic E-state index is 0.834. The average molecular weight is 240 g/mol. The molecule has 0 saturated carbocycles. The molecule has 0 aliphatic heterocycles. The third-order valence-electron chi connectivity index (χ3n) is 3.14. The highest BCUT2D eigenvalue weighted by Gasteiger charge is 1.96. The molecule has 0 heterocycles. The van der Waals surface area contributed by atoms with Gasteiger partial charge in [-0.2, -0.15) is 0 Å². The molecule has 0 spiro atoms. The summed E-state index contributed by atoms with van der Waals surface area (Å²) in [4.78, 5) is 0. The van der Waals surface area contributed by atoms with Gasteiger partial charge >= 0.3 is 0 Å². The molecule has 2 heteroatoms. The minimum Gasteiger partial charge on any atom is -0.399 e. The first kappa shape index (κ1) is 12.5. The summed E-state index contributed by atoms with van der Waals surface area (Å²) in [7, 11) is 0. The maximum absolute atomic E-state index is 5.66. The Labute approximate surface area is 109 Å². The van der Waals surface area contributed by atoms with Crippen molar-refractivity contribution in [3.8, 4) is 0 Å². The SMILES string of the molecule is Nc1ccc(CCCCc2ccc(N)cc2)cc1. The first-order chi connectivity index (χ1) is 8.74. The van der Waals surface area contributed by atoms with Crippen LogP contribution in [0.2, 0.25) is 0 Å². The Morgan fingerprint density at radius 3 is 1.22 bits per heavy atom. The molecule has 0 atom stereocenters. The summed E-state index contributed by atoms with van der Waals surface area (Å²) in [6.07, 6.45) is 4.65. The summed E-state index contributed by atoms with van der Waals surface area (Å²) in [5.41, 5.74) is 15.7. The van der Waals surface area contributed by atoms with E-state index in [1.807, 2.05) is 24.3 Å². The van der Waals surface area contributed by atoms with Gasteiger partial charge in [-0.25, -0.2) is 0 Å². The Bertz CT molecular complexity index is 424. The predicted molar refractivity (Wildman–Crippen MR) is 78.4 cm³/mol. The number of hydrogen-bond acceptors (Lipinski definition) is 2. The van der Waals surface area contributed by atoms with E-state index in [0.717, 1.165) is 24.2 Å². The van der Waals surface area contributed by atoms with Crippen molar-refractivity contribution in [2.45, 2.75) is 25.7 Å². The third kappa shape index (κ3) is 3.81. The van der Waals surface area contributed by atoms with E-state index in [-0.39, 0.29) is 0 Å². The number of nitrogens with two attached hydrogens (primary N) is 2. The zero-order valence-electron chi connectivity index (χ0n) is 10.6. The highest BCUT2D eigenvalue weighted by molar-refractivity contribution is 5.40. The Hall–Kier alpha value is -1.96. The summed E-state index contributed by atoms with van der Waals surface area (Å²) >= 11 is 0. The smallest absolute Gasteiger partial charge is 0.0314 e. The molecule has 0 radical (unpaired) electrons. The Morgan fingerprint density at radius 1 is 0.556 bits per heavy atom. The molecule has 0 aliphatic rings. The van der Waals surface area contributed by atoms with Crippen LogP contribution in [0.3, 0.4) is 0 Å². The van der Waals surface area contributed by atoms with Crippen LogP contribution in [0.4, 0.5) is 11.4 Å². The molecule has 4 N–H and O–H groups in total. The summed E-state index contributed by atoms with van der Waals surface area (Å²) in [6, 6.07) is 16.3. The number of benzene rings is 2. The normalized spacial score (nSPS) is 10.4. The van der Waals surface area contributed by atoms with Gasteiger partial charge in [0, 0.05) is 11.4 Å². The zero-order valence-corrected chi connectivity index (χ0v) is 10.6. The van der Waals surface area contributed by atoms with E-state index < -0.39 is 0 Å². The Balaban J connectivity index is 1.73. The minimum atomic E-state index is 0.834. The average Bonchev–Trinajstić information content (AvgIpc) is 2.39. The molecule has 94 valence electrons. The molecule has 2 aromatic carbocycles. The first-order valence-corrected chi connectivity index (χ1v) is 6.43. The van der Waals surface area contributed by atoms with Crippen LogP contribution in [0.5, 0.6) is 0 Å². The second-order valence-electron chi connectivity index (χ2n) is 4.69. The molecule has 18 heavy (non-hydrogen) atoms. The number of hydrogen-bond donors (Lipinski definition) is 2. The Morgan fingerprint density at radius 2 is 0.889 bits per heavy atom. The van der Waals surface area contributed by atoms with Crippen molar-refractivity contribution >= 4 is 11.4 Å². The van der Waals surface area contributed by atoms with Crippen molar-refractivity contribution in [1.29, 1.82) is 0 Å². The van der Waals surface area contributed by atoms with E-state index in [1.54, 1.807) is 0 Å². The molecule has 0 aliphatic carbocycles. The van der Waals surface area contributed by atoms with E-state index in [9.17, 15) is 0 Å². The predicted octanol–water partition coefficient (Wildman–Crippen LogP) is 3.42. The van der Waals surface area contributed by atoms with Crippen LogP contribution in [0.1, 0.15) is 24.0 Å². The van der Waals surface area contributed by atoms with E-state index in [4.69, 9.17) is 11.5 Å². The first-order valence-electron chi connectivity index (χ1n) is 6.43. The molecule has 0 bridgehead atoms. The van der Waals surface area contributed by atoms with Gasteiger partial charge in [0.15, 0.2) is 0 Å². The van der Waals surface area contributed by atoms with Crippen LogP contribution >= 0.6 is 0 Å². The number of rotatable bonds is 5. The number of aryl methyl sites for hydroxylation is 2. The fraction of sp³-hybridized carbons (Fsp3) is 0.250. The monoisotopic (exact) mass is 240 g/mol. The molecule has 2 aromatic rings. The number of anilines is 2. The summed E-state index contributed by atoms with van der Waals surface area (Å²) in [6.45, 7) is 0. The largest absolute Gasteiger partial charge is 0.399 e. The topological polar surface area (TPSA) is 52.0 Å². The lowest BCUT2D eigenvalue weighted by Gasteiger charge is -2.03. The molecule has 0 fully saturated rings. The second kappa shape index (κ2) is 6.10. The van der Waals surface area contributed by atoms with Crippen LogP contribution in [0, 0.1) is 0 Å². The molecule has 0 aromatic heterocycles. The molecule has 0 saturated heterocycles. The van der Waals surface area contributed by atoms with Crippen LogP contribution in [0.15, 0.2) is 48.5 Å². The van der Waals surface area contributed by atoms with Gasteiger partial charge in [-0.1, -0.05) is 24.3 Å². The van der Waals surface area contributed by atoms with Gasteiger partial charge in [-0.3, -0.25) is 0 Å². The van der Waals surface area contributed by atoms with Gasteiger partial charge < -0.3 is 11.5 Å². The van der Waals surface area contributed by atoms with Crippen LogP contribution in [0.25, 0.3) is 0 Å². The van der Waals surface area contributed by atoms with Crippen LogP contribution in [-0.2, 0) is 12.8 Å². The van der Waals surface area contributed by atoms with Gasteiger partial charge in [-0.15, -0.1) is 0 Å². The second-order valence-corrected chi connectivity index (χ2v) is 4.69. The van der Waals surface area contributed by atoms with Gasteiger partial charge in [0.25, 0.3) is 0 Å². The maximum atomic E-state index is 5.66. The van der Waals surface area contributed by atoms with Gasteiger partial charge in [-0.05, 0) is 61.1 Å².